The van der Waals surface area contributed by atoms with Crippen molar-refractivity contribution in [1.82, 2.24) is 4.90 Å². The van der Waals surface area contributed by atoms with Crippen LogP contribution < -0.4 is 0 Å². The average molecular weight is 313 g/mol. The van der Waals surface area contributed by atoms with E-state index in [9.17, 15) is 13.2 Å². The molecular formula is C14H19NO5S. The molecule has 116 valence electrons. The van der Waals surface area contributed by atoms with Gasteiger partial charge in [-0.15, -0.1) is 0 Å². The van der Waals surface area contributed by atoms with Crippen LogP contribution in [0.15, 0.2) is 29.2 Å². The zero-order valence-corrected chi connectivity index (χ0v) is 12.7. The molecule has 1 N–H and O–H groups in total. The Bertz CT molecular complexity index is 596. The topological polar surface area (TPSA) is 83.9 Å². The Morgan fingerprint density at radius 2 is 2.05 bits per heavy atom. The number of aryl methyl sites for hydroxylation is 1. The third-order valence-corrected chi connectivity index (χ3v) is 4.77. The van der Waals surface area contributed by atoms with Gasteiger partial charge in [-0.25, -0.2) is 0 Å². The van der Waals surface area contributed by atoms with Crippen LogP contribution in [-0.2, 0) is 19.1 Å². The summed E-state index contributed by atoms with van der Waals surface area (Å²) in [5.41, 5.74) is 0.972. The van der Waals surface area contributed by atoms with Gasteiger partial charge in [-0.1, -0.05) is 17.7 Å². The van der Waals surface area contributed by atoms with Gasteiger partial charge in [-0.3, -0.25) is 13.9 Å². The van der Waals surface area contributed by atoms with Gasteiger partial charge in [0.1, 0.15) is 0 Å². The number of piperidine rings is 1. The maximum Gasteiger partial charge on any atom is 0.317 e. The van der Waals surface area contributed by atoms with E-state index >= 15 is 0 Å². The minimum absolute atomic E-state index is 0.0928. The van der Waals surface area contributed by atoms with E-state index < -0.39 is 22.2 Å². The number of likely N-dealkylation sites (tertiary alicyclic amines) is 1. The predicted octanol–water partition coefficient (Wildman–Crippen LogP) is 1.25. The summed E-state index contributed by atoms with van der Waals surface area (Å²) >= 11 is 0. The molecule has 21 heavy (non-hydrogen) atoms. The van der Waals surface area contributed by atoms with Crippen LogP contribution in [0.3, 0.4) is 0 Å². The van der Waals surface area contributed by atoms with Crippen molar-refractivity contribution in [2.75, 3.05) is 19.6 Å². The zero-order valence-electron chi connectivity index (χ0n) is 11.9. The normalized spacial score (nSPS) is 20.3. The van der Waals surface area contributed by atoms with Crippen LogP contribution in [0, 0.1) is 6.92 Å². The first-order valence-electron chi connectivity index (χ1n) is 6.81. The molecule has 1 saturated heterocycles. The molecule has 0 spiro atoms. The summed E-state index contributed by atoms with van der Waals surface area (Å²) in [4.78, 5) is 12.5. The Morgan fingerprint density at radius 3 is 2.67 bits per heavy atom. The van der Waals surface area contributed by atoms with Gasteiger partial charge in [0.2, 0.25) is 0 Å². The molecule has 0 saturated carbocycles. The summed E-state index contributed by atoms with van der Waals surface area (Å²) in [5, 5.41) is 8.79. The molecule has 1 aromatic rings. The number of benzene rings is 1. The van der Waals surface area contributed by atoms with E-state index in [4.69, 9.17) is 9.29 Å². The van der Waals surface area contributed by atoms with Gasteiger partial charge < -0.3 is 5.11 Å². The van der Waals surface area contributed by atoms with E-state index in [1.807, 2.05) is 6.92 Å². The third kappa shape index (κ3) is 4.52. The Kier molecular flexibility index (Phi) is 4.97. The minimum atomic E-state index is -3.80. The quantitative estimate of drug-likeness (QED) is 0.824. The smallest absolute Gasteiger partial charge is 0.317 e. The number of carboxylic acid groups (broad SMARTS) is 1. The summed E-state index contributed by atoms with van der Waals surface area (Å²) in [6.45, 7) is 2.75. The fourth-order valence-corrected chi connectivity index (χ4v) is 3.46. The lowest BCUT2D eigenvalue weighted by Crippen LogP contribution is -2.42. The Balaban J connectivity index is 2.02. The second-order valence-electron chi connectivity index (χ2n) is 5.26. The van der Waals surface area contributed by atoms with E-state index in [-0.39, 0.29) is 11.4 Å². The van der Waals surface area contributed by atoms with Crippen LogP contribution >= 0.6 is 0 Å². The molecule has 1 atom stereocenters. The highest BCUT2D eigenvalue weighted by molar-refractivity contribution is 7.86. The van der Waals surface area contributed by atoms with Crippen LogP contribution in [0.4, 0.5) is 0 Å². The molecule has 7 heteroatoms. The zero-order chi connectivity index (χ0) is 15.5. The summed E-state index contributed by atoms with van der Waals surface area (Å²) in [6, 6.07) is 6.46. The number of nitrogens with zero attached hydrogens (tertiary/aromatic N) is 1. The first-order valence-corrected chi connectivity index (χ1v) is 8.22. The Hall–Kier alpha value is -1.44. The molecule has 0 radical (unpaired) electrons. The molecule has 0 bridgehead atoms. The molecule has 1 unspecified atom stereocenters. The summed E-state index contributed by atoms with van der Waals surface area (Å²) in [5.74, 6) is -0.919. The van der Waals surface area contributed by atoms with Crippen molar-refractivity contribution in [1.29, 1.82) is 0 Å². The number of carbonyl (C=O) groups is 1. The lowest BCUT2D eigenvalue weighted by molar-refractivity contribution is -0.138. The highest BCUT2D eigenvalue weighted by Crippen LogP contribution is 2.20. The maximum atomic E-state index is 12.2. The van der Waals surface area contributed by atoms with Gasteiger partial charge in [-0.05, 0) is 38.4 Å². The standard InChI is InChI=1S/C14H19NO5S/c1-11-4-6-13(7-5-11)21(18,19)20-12-3-2-8-15(9-12)10-14(16)17/h4-7,12H,2-3,8-10H2,1H3,(H,16,17). The molecule has 0 aromatic heterocycles. The van der Waals surface area contributed by atoms with Gasteiger partial charge in [0.15, 0.2) is 0 Å². The predicted molar refractivity (Wildman–Crippen MR) is 76.5 cm³/mol. The number of carboxylic acids is 1. The van der Waals surface area contributed by atoms with E-state index in [2.05, 4.69) is 0 Å². The molecule has 1 aromatic carbocycles. The second kappa shape index (κ2) is 6.55. The summed E-state index contributed by atoms with van der Waals surface area (Å²) < 4.78 is 29.6. The van der Waals surface area contributed by atoms with Crippen molar-refractivity contribution in [3.63, 3.8) is 0 Å². The highest BCUT2D eigenvalue weighted by atomic mass is 32.2. The Morgan fingerprint density at radius 1 is 1.38 bits per heavy atom. The molecule has 1 aliphatic rings. The van der Waals surface area contributed by atoms with Crippen molar-refractivity contribution in [2.24, 2.45) is 0 Å². The average Bonchev–Trinajstić information content (AvgIpc) is 2.38. The number of hydrogen-bond donors (Lipinski definition) is 1. The van der Waals surface area contributed by atoms with Crippen molar-refractivity contribution < 1.29 is 22.5 Å². The van der Waals surface area contributed by atoms with E-state index in [1.54, 1.807) is 17.0 Å². The second-order valence-corrected chi connectivity index (χ2v) is 6.83. The molecule has 0 amide bonds. The first kappa shape index (κ1) is 15.9. The number of hydrogen-bond acceptors (Lipinski definition) is 5. The monoisotopic (exact) mass is 313 g/mol. The van der Waals surface area contributed by atoms with Crippen LogP contribution in [0.25, 0.3) is 0 Å². The highest BCUT2D eigenvalue weighted by Gasteiger charge is 2.27. The fourth-order valence-electron chi connectivity index (χ4n) is 2.37. The molecule has 1 aliphatic heterocycles. The van der Waals surface area contributed by atoms with Crippen LogP contribution in [0.1, 0.15) is 18.4 Å². The van der Waals surface area contributed by atoms with Crippen molar-refractivity contribution in [3.05, 3.63) is 29.8 Å². The van der Waals surface area contributed by atoms with Crippen LogP contribution in [0.5, 0.6) is 0 Å². The molecule has 1 fully saturated rings. The minimum Gasteiger partial charge on any atom is -0.480 e. The lowest BCUT2D eigenvalue weighted by atomic mass is 10.1. The largest absolute Gasteiger partial charge is 0.480 e. The summed E-state index contributed by atoms with van der Waals surface area (Å²) in [7, 11) is -3.80. The molecule has 2 rings (SSSR count). The van der Waals surface area contributed by atoms with E-state index in [0.29, 0.717) is 19.5 Å². The third-order valence-electron chi connectivity index (χ3n) is 3.39. The summed E-state index contributed by atoms with van der Waals surface area (Å²) in [6.07, 6.45) is 0.840. The van der Waals surface area contributed by atoms with Gasteiger partial charge in [0.25, 0.3) is 10.1 Å². The molecular weight excluding hydrogens is 294 g/mol. The molecule has 6 nitrogen and oxygen atoms in total. The molecule has 1 heterocycles. The van der Waals surface area contributed by atoms with Gasteiger partial charge >= 0.3 is 5.97 Å². The SMILES string of the molecule is Cc1ccc(S(=O)(=O)OC2CCCN(CC(=O)O)C2)cc1. The number of rotatable bonds is 5. The first-order chi connectivity index (χ1) is 9.87. The fraction of sp³-hybridized carbons (Fsp3) is 0.500. The number of aliphatic carboxylic acids is 1. The van der Waals surface area contributed by atoms with Gasteiger partial charge in [0.05, 0.1) is 17.5 Å². The van der Waals surface area contributed by atoms with Crippen LogP contribution in [-0.4, -0.2) is 50.1 Å². The van der Waals surface area contributed by atoms with Gasteiger partial charge in [0, 0.05) is 6.54 Å². The van der Waals surface area contributed by atoms with E-state index in [1.165, 1.54) is 12.1 Å². The van der Waals surface area contributed by atoms with Gasteiger partial charge in [-0.2, -0.15) is 8.42 Å². The van der Waals surface area contributed by atoms with Crippen LogP contribution in [0.2, 0.25) is 0 Å². The maximum absolute atomic E-state index is 12.2. The Labute approximate surface area is 124 Å². The van der Waals surface area contributed by atoms with Crippen molar-refractivity contribution >= 4 is 16.1 Å². The van der Waals surface area contributed by atoms with Crippen molar-refractivity contribution in [3.8, 4) is 0 Å². The van der Waals surface area contributed by atoms with Crippen molar-refractivity contribution in [2.45, 2.75) is 30.8 Å². The molecule has 0 aliphatic carbocycles. The lowest BCUT2D eigenvalue weighted by Gasteiger charge is -2.30. The van der Waals surface area contributed by atoms with E-state index in [0.717, 1.165) is 12.0 Å².